The molecule has 5 nitrogen and oxygen atoms in total. The maximum atomic E-state index is 4.73. The molecule has 1 saturated heterocycles. The predicted octanol–water partition coefficient (Wildman–Crippen LogP) is 3.11. The Labute approximate surface area is 156 Å². The van der Waals surface area contributed by atoms with Crippen molar-refractivity contribution < 1.29 is 0 Å². The third kappa shape index (κ3) is 4.97. The first kappa shape index (κ1) is 18.2. The Morgan fingerprint density at radius 1 is 1.15 bits per heavy atom. The Bertz CT molecular complexity index is 705. The number of aryl methyl sites for hydroxylation is 1. The topological polar surface area (TPSA) is 52.6 Å². The number of nitrogens with one attached hydrogen (secondary N) is 2. The van der Waals surface area contributed by atoms with Gasteiger partial charge in [-0.3, -0.25) is 4.98 Å². The summed E-state index contributed by atoms with van der Waals surface area (Å²) in [5.74, 6) is 0.885. The van der Waals surface area contributed by atoms with Crippen molar-refractivity contribution >= 4 is 11.6 Å². The van der Waals surface area contributed by atoms with Crippen molar-refractivity contribution in [1.29, 1.82) is 0 Å². The molecule has 2 N–H and O–H groups in total. The summed E-state index contributed by atoms with van der Waals surface area (Å²) in [5.41, 5.74) is 3.53. The van der Waals surface area contributed by atoms with Gasteiger partial charge in [-0.15, -0.1) is 0 Å². The van der Waals surface area contributed by atoms with Crippen LogP contribution in [0.25, 0.3) is 0 Å². The number of aromatic nitrogens is 1. The first-order valence-electron chi connectivity index (χ1n) is 9.51. The van der Waals surface area contributed by atoms with E-state index in [1.807, 2.05) is 12.3 Å². The molecule has 1 aliphatic heterocycles. The zero-order valence-corrected chi connectivity index (χ0v) is 15.8. The van der Waals surface area contributed by atoms with Crippen molar-refractivity contribution in [3.8, 4) is 0 Å². The highest BCUT2D eigenvalue weighted by atomic mass is 15.2. The van der Waals surface area contributed by atoms with Crippen molar-refractivity contribution in [2.75, 3.05) is 24.5 Å². The van der Waals surface area contributed by atoms with E-state index < -0.39 is 0 Å². The molecular weight excluding hydrogens is 322 g/mol. The Kier molecular flexibility index (Phi) is 6.47. The second-order valence-electron chi connectivity index (χ2n) is 6.70. The average molecular weight is 351 g/mol. The Hall–Kier alpha value is -2.56. The SMILES string of the molecule is CCNC(=NCc1ncccc1C)NC1CCN(c2ccccc2)CC1. The van der Waals surface area contributed by atoms with Crippen molar-refractivity contribution in [2.24, 2.45) is 4.99 Å². The van der Waals surface area contributed by atoms with Gasteiger partial charge in [0.2, 0.25) is 0 Å². The number of pyridine rings is 1. The molecule has 26 heavy (non-hydrogen) atoms. The lowest BCUT2D eigenvalue weighted by molar-refractivity contribution is 0.461. The molecule has 0 radical (unpaired) electrons. The Balaban J connectivity index is 1.55. The van der Waals surface area contributed by atoms with Gasteiger partial charge in [-0.25, -0.2) is 4.99 Å². The molecule has 0 unspecified atom stereocenters. The van der Waals surface area contributed by atoms with Crippen molar-refractivity contribution in [2.45, 2.75) is 39.3 Å². The number of rotatable bonds is 5. The smallest absolute Gasteiger partial charge is 0.191 e. The number of anilines is 1. The number of piperidine rings is 1. The highest BCUT2D eigenvalue weighted by molar-refractivity contribution is 5.80. The molecule has 5 heteroatoms. The van der Waals surface area contributed by atoms with Crippen LogP contribution < -0.4 is 15.5 Å². The summed E-state index contributed by atoms with van der Waals surface area (Å²) in [6, 6.07) is 15.2. The predicted molar refractivity (Wildman–Crippen MR) is 109 cm³/mol. The average Bonchev–Trinajstić information content (AvgIpc) is 2.69. The number of hydrogen-bond acceptors (Lipinski definition) is 3. The van der Waals surface area contributed by atoms with E-state index in [2.05, 4.69) is 70.8 Å². The molecule has 0 aliphatic carbocycles. The quantitative estimate of drug-likeness (QED) is 0.642. The minimum absolute atomic E-state index is 0.456. The Morgan fingerprint density at radius 3 is 2.62 bits per heavy atom. The van der Waals surface area contributed by atoms with E-state index in [0.29, 0.717) is 12.6 Å². The number of benzene rings is 1. The van der Waals surface area contributed by atoms with E-state index in [4.69, 9.17) is 4.99 Å². The van der Waals surface area contributed by atoms with Crippen LogP contribution in [0, 0.1) is 6.92 Å². The van der Waals surface area contributed by atoms with Crippen LogP contribution in [-0.2, 0) is 6.54 Å². The van der Waals surface area contributed by atoms with Crippen LogP contribution in [0.15, 0.2) is 53.7 Å². The maximum absolute atomic E-state index is 4.73. The number of para-hydroxylation sites is 1. The van der Waals surface area contributed by atoms with Gasteiger partial charge in [-0.2, -0.15) is 0 Å². The van der Waals surface area contributed by atoms with Gasteiger partial charge in [0.05, 0.1) is 12.2 Å². The first-order valence-corrected chi connectivity index (χ1v) is 9.51. The van der Waals surface area contributed by atoms with Crippen molar-refractivity contribution in [3.05, 3.63) is 59.9 Å². The summed E-state index contributed by atoms with van der Waals surface area (Å²) in [7, 11) is 0. The van der Waals surface area contributed by atoms with Crippen molar-refractivity contribution in [3.63, 3.8) is 0 Å². The largest absolute Gasteiger partial charge is 0.371 e. The molecule has 3 rings (SSSR count). The van der Waals surface area contributed by atoms with E-state index in [9.17, 15) is 0 Å². The summed E-state index contributed by atoms with van der Waals surface area (Å²) in [5, 5.41) is 6.96. The Morgan fingerprint density at radius 2 is 1.92 bits per heavy atom. The number of nitrogens with zero attached hydrogens (tertiary/aromatic N) is 3. The second-order valence-corrected chi connectivity index (χ2v) is 6.70. The maximum Gasteiger partial charge on any atom is 0.191 e. The van der Waals surface area contributed by atoms with E-state index >= 15 is 0 Å². The van der Waals surface area contributed by atoms with Crippen LogP contribution in [0.1, 0.15) is 31.0 Å². The van der Waals surface area contributed by atoms with Gasteiger partial charge in [-0.05, 0) is 50.5 Å². The lowest BCUT2D eigenvalue weighted by Gasteiger charge is -2.34. The van der Waals surface area contributed by atoms with Gasteiger partial charge in [-0.1, -0.05) is 24.3 Å². The standard InChI is InChI=1S/C21H29N5/c1-3-22-21(24-16-20-17(2)8-7-13-23-20)25-18-11-14-26(15-12-18)19-9-5-4-6-10-19/h4-10,13,18H,3,11-12,14-16H2,1-2H3,(H2,22,24,25). The van der Waals surface area contributed by atoms with Gasteiger partial charge in [0.15, 0.2) is 5.96 Å². The fourth-order valence-electron chi connectivity index (χ4n) is 3.27. The fraction of sp³-hybridized carbons (Fsp3) is 0.429. The highest BCUT2D eigenvalue weighted by Crippen LogP contribution is 2.19. The molecule has 0 saturated carbocycles. The van der Waals surface area contributed by atoms with Crippen LogP contribution in [0.3, 0.4) is 0 Å². The molecule has 2 aromatic rings. The summed E-state index contributed by atoms with van der Waals surface area (Å²) in [4.78, 5) is 11.6. The molecule has 0 bridgehead atoms. The summed E-state index contributed by atoms with van der Waals surface area (Å²) in [6.45, 7) is 7.78. The van der Waals surface area contributed by atoms with Crippen LogP contribution >= 0.6 is 0 Å². The second kappa shape index (κ2) is 9.22. The lowest BCUT2D eigenvalue weighted by Crippen LogP contribution is -2.48. The van der Waals surface area contributed by atoms with Crippen LogP contribution in [0.2, 0.25) is 0 Å². The van der Waals surface area contributed by atoms with Crippen LogP contribution in [-0.4, -0.2) is 36.6 Å². The van der Waals surface area contributed by atoms with Gasteiger partial charge in [0.1, 0.15) is 0 Å². The summed E-state index contributed by atoms with van der Waals surface area (Å²) < 4.78 is 0. The van der Waals surface area contributed by atoms with Crippen molar-refractivity contribution in [1.82, 2.24) is 15.6 Å². The third-order valence-electron chi connectivity index (χ3n) is 4.81. The third-order valence-corrected chi connectivity index (χ3v) is 4.81. The zero-order valence-electron chi connectivity index (χ0n) is 15.8. The van der Waals surface area contributed by atoms with E-state index in [1.54, 1.807) is 0 Å². The molecule has 0 spiro atoms. The normalized spacial score (nSPS) is 15.8. The molecule has 1 aliphatic rings. The number of hydrogen-bond donors (Lipinski definition) is 2. The minimum atomic E-state index is 0.456. The molecule has 2 heterocycles. The van der Waals surface area contributed by atoms with E-state index in [-0.39, 0.29) is 0 Å². The summed E-state index contributed by atoms with van der Waals surface area (Å²) in [6.07, 6.45) is 4.06. The number of guanidine groups is 1. The first-order chi connectivity index (χ1) is 12.8. The van der Waals surface area contributed by atoms with Crippen LogP contribution in [0.5, 0.6) is 0 Å². The summed E-state index contributed by atoms with van der Waals surface area (Å²) >= 11 is 0. The molecule has 1 fully saturated rings. The monoisotopic (exact) mass is 351 g/mol. The highest BCUT2D eigenvalue weighted by Gasteiger charge is 2.20. The van der Waals surface area contributed by atoms with Gasteiger partial charge < -0.3 is 15.5 Å². The molecule has 0 atom stereocenters. The molecule has 1 aromatic heterocycles. The lowest BCUT2D eigenvalue weighted by atomic mass is 10.0. The minimum Gasteiger partial charge on any atom is -0.371 e. The van der Waals surface area contributed by atoms with E-state index in [0.717, 1.165) is 44.1 Å². The molecule has 1 aromatic carbocycles. The molecular formula is C21H29N5. The van der Waals surface area contributed by atoms with E-state index in [1.165, 1.54) is 11.3 Å². The van der Waals surface area contributed by atoms with Gasteiger partial charge in [0, 0.05) is 37.6 Å². The molecule has 0 amide bonds. The van der Waals surface area contributed by atoms with Crippen LogP contribution in [0.4, 0.5) is 5.69 Å². The zero-order chi connectivity index (χ0) is 18.2. The fourth-order valence-corrected chi connectivity index (χ4v) is 3.27. The van der Waals surface area contributed by atoms with Gasteiger partial charge >= 0.3 is 0 Å². The molecule has 138 valence electrons. The number of aliphatic imine (C=N–C) groups is 1. The van der Waals surface area contributed by atoms with Gasteiger partial charge in [0.25, 0.3) is 0 Å².